The van der Waals surface area contributed by atoms with Crippen LogP contribution in [0.25, 0.3) is 0 Å². The number of ether oxygens (including phenoxy) is 1. The van der Waals surface area contributed by atoms with Gasteiger partial charge in [0.05, 0.1) is 12.8 Å². The number of methoxy groups -OCH3 is 1. The third-order valence-electron chi connectivity index (χ3n) is 2.70. The van der Waals surface area contributed by atoms with Crippen molar-refractivity contribution in [2.75, 3.05) is 19.1 Å². The lowest BCUT2D eigenvalue weighted by Crippen LogP contribution is -2.10. The molecule has 0 amide bonds. The molecule has 2 aromatic rings. The van der Waals surface area contributed by atoms with E-state index in [1.165, 1.54) is 0 Å². The molecule has 0 saturated heterocycles. The molecule has 0 aliphatic rings. The normalized spacial score (nSPS) is 12.2. The Kier molecular flexibility index (Phi) is 3.84. The minimum atomic E-state index is -0.0336. The van der Waals surface area contributed by atoms with Crippen LogP contribution in [0.1, 0.15) is 18.7 Å². The molecule has 2 N–H and O–H groups in total. The highest BCUT2D eigenvalue weighted by Gasteiger charge is 2.11. The summed E-state index contributed by atoms with van der Waals surface area (Å²) in [6.45, 7) is 1.93. The van der Waals surface area contributed by atoms with Crippen LogP contribution in [-0.2, 0) is 0 Å². The predicted octanol–water partition coefficient (Wildman–Crippen LogP) is 2.94. The summed E-state index contributed by atoms with van der Waals surface area (Å²) in [5.74, 6) is 0.836. The minimum absolute atomic E-state index is 0.0336. The van der Waals surface area contributed by atoms with Gasteiger partial charge in [-0.2, -0.15) is 0 Å². The number of hydrogen-bond acceptors (Lipinski definition) is 5. The quantitative estimate of drug-likeness (QED) is 0.921. The molecule has 0 radical (unpaired) electrons. The summed E-state index contributed by atoms with van der Waals surface area (Å²) < 4.78 is 5.22. The highest BCUT2D eigenvalue weighted by atomic mass is 32.1. The van der Waals surface area contributed by atoms with E-state index in [-0.39, 0.29) is 6.04 Å². The van der Waals surface area contributed by atoms with Crippen molar-refractivity contribution in [3.05, 3.63) is 35.3 Å². The van der Waals surface area contributed by atoms with Crippen molar-refractivity contribution in [2.45, 2.75) is 13.0 Å². The first-order valence-corrected chi connectivity index (χ1v) is 6.58. The Balaban J connectivity index is 2.26. The van der Waals surface area contributed by atoms with Crippen LogP contribution in [0.5, 0.6) is 5.75 Å². The first-order chi connectivity index (χ1) is 8.61. The molecule has 1 atom stereocenters. The van der Waals surface area contributed by atoms with Crippen LogP contribution < -0.4 is 15.4 Å². The summed E-state index contributed by atoms with van der Waals surface area (Å²) in [6, 6.07) is 7.86. The Labute approximate surface area is 111 Å². The van der Waals surface area contributed by atoms with Crippen molar-refractivity contribution in [1.82, 2.24) is 4.98 Å². The second kappa shape index (κ2) is 5.37. The number of rotatable bonds is 4. The van der Waals surface area contributed by atoms with Gasteiger partial charge in [0, 0.05) is 30.2 Å². The van der Waals surface area contributed by atoms with Crippen molar-refractivity contribution in [3.63, 3.8) is 0 Å². The second-order valence-corrected chi connectivity index (χ2v) is 4.94. The van der Waals surface area contributed by atoms with Gasteiger partial charge < -0.3 is 15.4 Å². The lowest BCUT2D eigenvalue weighted by Gasteiger charge is -2.16. The van der Waals surface area contributed by atoms with Crippen molar-refractivity contribution < 1.29 is 4.74 Å². The first kappa shape index (κ1) is 12.9. The molecule has 2 rings (SSSR count). The largest absolute Gasteiger partial charge is 0.497 e. The van der Waals surface area contributed by atoms with Crippen LogP contribution in [0.4, 0.5) is 10.8 Å². The Morgan fingerprint density at radius 3 is 2.83 bits per heavy atom. The second-order valence-electron chi connectivity index (χ2n) is 4.10. The molecule has 0 saturated carbocycles. The Bertz CT molecular complexity index is 524. The fraction of sp³-hybridized carbons (Fsp3) is 0.308. The van der Waals surface area contributed by atoms with Crippen LogP contribution in [0.15, 0.2) is 29.6 Å². The number of nitrogens with zero attached hydrogens (tertiary/aromatic N) is 2. The van der Waals surface area contributed by atoms with Crippen molar-refractivity contribution in [1.29, 1.82) is 0 Å². The fourth-order valence-corrected chi connectivity index (χ4v) is 2.48. The fourth-order valence-electron chi connectivity index (χ4n) is 1.57. The van der Waals surface area contributed by atoms with Gasteiger partial charge in [-0.05, 0) is 19.1 Å². The first-order valence-electron chi connectivity index (χ1n) is 5.70. The third-order valence-corrected chi connectivity index (χ3v) is 3.64. The molecule has 1 aromatic carbocycles. The van der Waals surface area contributed by atoms with Crippen molar-refractivity contribution in [3.8, 4) is 5.75 Å². The van der Waals surface area contributed by atoms with Gasteiger partial charge in [-0.15, -0.1) is 11.3 Å². The zero-order chi connectivity index (χ0) is 13.1. The highest BCUT2D eigenvalue weighted by Crippen LogP contribution is 2.30. The summed E-state index contributed by atoms with van der Waals surface area (Å²) in [4.78, 5) is 6.55. The minimum Gasteiger partial charge on any atom is -0.497 e. The average Bonchev–Trinajstić information content (AvgIpc) is 2.87. The van der Waals surface area contributed by atoms with Gasteiger partial charge >= 0.3 is 0 Å². The molecule has 1 heterocycles. The summed E-state index contributed by atoms with van der Waals surface area (Å²) >= 11 is 1.59. The third kappa shape index (κ3) is 2.63. The molecule has 96 valence electrons. The van der Waals surface area contributed by atoms with E-state index in [1.54, 1.807) is 18.4 Å². The molecule has 0 fully saturated rings. The number of nitrogens with two attached hydrogens (primary N) is 1. The average molecular weight is 263 g/mol. The maximum Gasteiger partial charge on any atom is 0.189 e. The molecule has 0 aliphatic heterocycles. The van der Waals surface area contributed by atoms with E-state index in [0.29, 0.717) is 0 Å². The molecule has 18 heavy (non-hydrogen) atoms. The van der Waals surface area contributed by atoms with E-state index in [1.807, 2.05) is 48.5 Å². The van der Waals surface area contributed by atoms with E-state index in [0.717, 1.165) is 22.3 Å². The Morgan fingerprint density at radius 2 is 2.22 bits per heavy atom. The van der Waals surface area contributed by atoms with Crippen LogP contribution in [0.2, 0.25) is 0 Å². The van der Waals surface area contributed by atoms with Crippen LogP contribution in [0, 0.1) is 0 Å². The topological polar surface area (TPSA) is 51.4 Å². The van der Waals surface area contributed by atoms with Gasteiger partial charge in [-0.25, -0.2) is 4.98 Å². The molecule has 1 unspecified atom stereocenters. The molecule has 5 heteroatoms. The maximum absolute atomic E-state index is 5.82. The van der Waals surface area contributed by atoms with E-state index >= 15 is 0 Å². The molecule has 4 nitrogen and oxygen atoms in total. The zero-order valence-electron chi connectivity index (χ0n) is 10.8. The van der Waals surface area contributed by atoms with Crippen LogP contribution in [0.3, 0.4) is 0 Å². The summed E-state index contributed by atoms with van der Waals surface area (Å²) in [6.07, 6.45) is 0. The number of aromatic nitrogens is 1. The Hall–Kier alpha value is -1.59. The van der Waals surface area contributed by atoms with E-state index in [2.05, 4.69) is 4.98 Å². The summed E-state index contributed by atoms with van der Waals surface area (Å²) in [7, 11) is 3.65. The molecular weight excluding hydrogens is 246 g/mol. The SMILES string of the molecule is COc1cccc(N(C)c2nc(C(C)N)cs2)c1. The molecule has 0 spiro atoms. The maximum atomic E-state index is 5.82. The smallest absolute Gasteiger partial charge is 0.189 e. The van der Waals surface area contributed by atoms with Crippen molar-refractivity contribution in [2.24, 2.45) is 5.73 Å². The molecule has 0 bridgehead atoms. The highest BCUT2D eigenvalue weighted by molar-refractivity contribution is 7.13. The molecule has 1 aromatic heterocycles. The van der Waals surface area contributed by atoms with Gasteiger partial charge in [0.1, 0.15) is 5.75 Å². The van der Waals surface area contributed by atoms with Gasteiger partial charge in [0.25, 0.3) is 0 Å². The van der Waals surface area contributed by atoms with E-state index in [4.69, 9.17) is 10.5 Å². The number of benzene rings is 1. The van der Waals surface area contributed by atoms with E-state index < -0.39 is 0 Å². The summed E-state index contributed by atoms with van der Waals surface area (Å²) in [5, 5.41) is 2.92. The van der Waals surface area contributed by atoms with Gasteiger partial charge in [-0.1, -0.05) is 6.07 Å². The summed E-state index contributed by atoms with van der Waals surface area (Å²) in [5.41, 5.74) is 7.78. The van der Waals surface area contributed by atoms with Gasteiger partial charge in [-0.3, -0.25) is 0 Å². The van der Waals surface area contributed by atoms with Crippen molar-refractivity contribution >= 4 is 22.2 Å². The van der Waals surface area contributed by atoms with Crippen LogP contribution >= 0.6 is 11.3 Å². The number of anilines is 2. The van der Waals surface area contributed by atoms with E-state index in [9.17, 15) is 0 Å². The molecule has 0 aliphatic carbocycles. The standard InChI is InChI=1S/C13H17N3OS/c1-9(14)12-8-18-13(15-12)16(2)10-5-4-6-11(7-10)17-3/h4-9H,14H2,1-3H3. The lowest BCUT2D eigenvalue weighted by atomic mass is 10.3. The number of thiazole rings is 1. The predicted molar refractivity (Wildman–Crippen MR) is 75.8 cm³/mol. The Morgan fingerprint density at radius 1 is 1.44 bits per heavy atom. The van der Waals surface area contributed by atoms with Gasteiger partial charge in [0.15, 0.2) is 5.13 Å². The molecular formula is C13H17N3OS. The monoisotopic (exact) mass is 263 g/mol. The lowest BCUT2D eigenvalue weighted by molar-refractivity contribution is 0.415. The zero-order valence-corrected chi connectivity index (χ0v) is 11.6. The number of hydrogen-bond donors (Lipinski definition) is 1. The van der Waals surface area contributed by atoms with Gasteiger partial charge in [0.2, 0.25) is 0 Å². The van der Waals surface area contributed by atoms with Crippen LogP contribution in [-0.4, -0.2) is 19.1 Å².